The average Bonchev–Trinajstić information content (AvgIpc) is 2.78. The fourth-order valence-corrected chi connectivity index (χ4v) is 2.36. The predicted octanol–water partition coefficient (Wildman–Crippen LogP) is -0.118. The number of hydrogen-bond donors (Lipinski definition) is 2. The number of imidazole rings is 1. The monoisotopic (exact) mass is 309 g/mol. The Morgan fingerprint density at radius 3 is 2.36 bits per heavy atom. The summed E-state index contributed by atoms with van der Waals surface area (Å²) in [6.45, 7) is 6.65. The Labute approximate surface area is 128 Å². The van der Waals surface area contributed by atoms with E-state index in [9.17, 15) is 14.7 Å². The minimum Gasteiger partial charge on any atom is -0.392 e. The highest BCUT2D eigenvalue weighted by Crippen LogP contribution is 2.17. The molecule has 2 aromatic heterocycles. The normalized spacial score (nSPS) is 13.0. The molecule has 0 aliphatic heterocycles. The van der Waals surface area contributed by atoms with Crippen molar-refractivity contribution in [1.29, 1.82) is 0 Å². The van der Waals surface area contributed by atoms with Crippen LogP contribution in [0.25, 0.3) is 11.2 Å². The van der Waals surface area contributed by atoms with Gasteiger partial charge in [0.1, 0.15) is 0 Å². The number of aromatic nitrogens is 4. The Hall–Kier alpha value is -2.09. The van der Waals surface area contributed by atoms with Crippen LogP contribution in [0.1, 0.15) is 20.8 Å². The van der Waals surface area contributed by atoms with Gasteiger partial charge in [-0.15, -0.1) is 0 Å². The van der Waals surface area contributed by atoms with Gasteiger partial charge in [-0.3, -0.25) is 13.9 Å². The lowest BCUT2D eigenvalue weighted by molar-refractivity contribution is 0.208. The SMILES string of the molecule is CC(C)Cn1c(NC[C@H](C)O)nc2c1c(=O)n(C)c(=O)n2C. The van der Waals surface area contributed by atoms with E-state index in [0.717, 1.165) is 4.57 Å². The number of aliphatic hydroxyl groups is 1. The maximum Gasteiger partial charge on any atom is 0.332 e. The largest absolute Gasteiger partial charge is 0.392 e. The first-order valence-corrected chi connectivity index (χ1v) is 7.32. The molecule has 2 heterocycles. The van der Waals surface area contributed by atoms with Crippen molar-refractivity contribution in [3.8, 4) is 0 Å². The Morgan fingerprint density at radius 2 is 1.82 bits per heavy atom. The van der Waals surface area contributed by atoms with Gasteiger partial charge in [0, 0.05) is 27.2 Å². The summed E-state index contributed by atoms with van der Waals surface area (Å²) in [6.07, 6.45) is -0.543. The lowest BCUT2D eigenvalue weighted by atomic mass is 10.2. The second-order valence-electron chi connectivity index (χ2n) is 6.05. The summed E-state index contributed by atoms with van der Waals surface area (Å²) in [7, 11) is 3.05. The third kappa shape index (κ3) is 2.78. The van der Waals surface area contributed by atoms with Gasteiger partial charge in [-0.1, -0.05) is 13.8 Å². The molecule has 0 amide bonds. The van der Waals surface area contributed by atoms with E-state index in [2.05, 4.69) is 10.3 Å². The number of fused-ring (bicyclic) bond motifs is 1. The molecular formula is C14H23N5O3. The molecule has 8 nitrogen and oxygen atoms in total. The van der Waals surface area contributed by atoms with Crippen LogP contribution in [-0.2, 0) is 20.6 Å². The van der Waals surface area contributed by atoms with Gasteiger partial charge in [0.25, 0.3) is 5.56 Å². The van der Waals surface area contributed by atoms with Crippen molar-refractivity contribution in [1.82, 2.24) is 18.7 Å². The molecule has 0 aromatic carbocycles. The molecule has 0 fully saturated rings. The summed E-state index contributed by atoms with van der Waals surface area (Å²) in [4.78, 5) is 28.9. The zero-order valence-electron chi connectivity index (χ0n) is 13.6. The molecule has 0 saturated heterocycles. The van der Waals surface area contributed by atoms with Crippen LogP contribution in [-0.4, -0.2) is 36.4 Å². The first-order chi connectivity index (χ1) is 10.2. The highest BCUT2D eigenvalue weighted by molar-refractivity contribution is 5.74. The first-order valence-electron chi connectivity index (χ1n) is 7.32. The molecule has 2 rings (SSSR count). The fraction of sp³-hybridized carbons (Fsp3) is 0.643. The minimum atomic E-state index is -0.543. The zero-order chi connectivity index (χ0) is 16.6. The smallest absolute Gasteiger partial charge is 0.332 e. The predicted molar refractivity (Wildman–Crippen MR) is 85.2 cm³/mol. The molecule has 1 atom stereocenters. The molecule has 22 heavy (non-hydrogen) atoms. The van der Waals surface area contributed by atoms with Crippen LogP contribution >= 0.6 is 0 Å². The Kier molecular flexibility index (Phi) is 4.41. The maximum absolute atomic E-state index is 12.5. The third-order valence-corrected chi connectivity index (χ3v) is 3.45. The average molecular weight is 309 g/mol. The van der Waals surface area contributed by atoms with Gasteiger partial charge in [-0.25, -0.2) is 4.79 Å². The van der Waals surface area contributed by atoms with Gasteiger partial charge >= 0.3 is 5.69 Å². The van der Waals surface area contributed by atoms with Crippen LogP contribution in [0.2, 0.25) is 0 Å². The Bertz CT molecular complexity index is 797. The summed E-state index contributed by atoms with van der Waals surface area (Å²) in [5, 5.41) is 12.5. The molecule has 0 saturated carbocycles. The molecule has 122 valence electrons. The van der Waals surface area contributed by atoms with E-state index in [0.29, 0.717) is 36.1 Å². The highest BCUT2D eigenvalue weighted by atomic mass is 16.3. The molecule has 0 aliphatic rings. The Balaban J connectivity index is 2.75. The van der Waals surface area contributed by atoms with Gasteiger partial charge in [-0.2, -0.15) is 4.98 Å². The topological polar surface area (TPSA) is 94.1 Å². The summed E-state index contributed by atoms with van der Waals surface area (Å²) >= 11 is 0. The standard InChI is InChI=1S/C14H23N5O3/c1-8(2)7-19-10-11(16-13(19)15-6-9(3)20)17(4)14(22)18(5)12(10)21/h8-9,20H,6-7H2,1-5H3,(H,15,16)/t9-/m0/s1. The van der Waals surface area contributed by atoms with Crippen LogP contribution in [0.4, 0.5) is 5.95 Å². The van der Waals surface area contributed by atoms with Gasteiger partial charge in [0.05, 0.1) is 6.10 Å². The zero-order valence-corrected chi connectivity index (χ0v) is 13.6. The van der Waals surface area contributed by atoms with Crippen molar-refractivity contribution < 1.29 is 5.11 Å². The third-order valence-electron chi connectivity index (χ3n) is 3.45. The second-order valence-corrected chi connectivity index (χ2v) is 6.05. The number of rotatable bonds is 5. The first kappa shape index (κ1) is 16.3. The molecule has 0 bridgehead atoms. The number of nitrogens with zero attached hydrogens (tertiary/aromatic N) is 4. The van der Waals surface area contributed by atoms with E-state index in [-0.39, 0.29) is 5.56 Å². The highest BCUT2D eigenvalue weighted by Gasteiger charge is 2.19. The van der Waals surface area contributed by atoms with E-state index in [1.165, 1.54) is 11.6 Å². The quantitative estimate of drug-likeness (QED) is 0.803. The van der Waals surface area contributed by atoms with Crippen molar-refractivity contribution in [3.63, 3.8) is 0 Å². The number of anilines is 1. The molecule has 0 spiro atoms. The van der Waals surface area contributed by atoms with E-state index < -0.39 is 11.8 Å². The number of nitrogens with one attached hydrogen (secondary N) is 1. The van der Waals surface area contributed by atoms with Crippen molar-refractivity contribution >= 4 is 17.1 Å². The van der Waals surface area contributed by atoms with Crippen LogP contribution in [0.3, 0.4) is 0 Å². The molecule has 0 unspecified atom stereocenters. The molecule has 2 aromatic rings. The van der Waals surface area contributed by atoms with E-state index in [1.54, 1.807) is 18.5 Å². The number of hydrogen-bond acceptors (Lipinski definition) is 5. The van der Waals surface area contributed by atoms with Crippen LogP contribution in [0.5, 0.6) is 0 Å². The van der Waals surface area contributed by atoms with Crippen molar-refractivity contribution in [2.24, 2.45) is 20.0 Å². The van der Waals surface area contributed by atoms with Gasteiger partial charge < -0.3 is 15.0 Å². The van der Waals surface area contributed by atoms with Gasteiger partial charge in [-0.05, 0) is 12.8 Å². The maximum atomic E-state index is 12.5. The lowest BCUT2D eigenvalue weighted by Gasteiger charge is -2.13. The minimum absolute atomic E-state index is 0.298. The molecular weight excluding hydrogens is 286 g/mol. The van der Waals surface area contributed by atoms with E-state index in [1.807, 2.05) is 13.8 Å². The second kappa shape index (κ2) is 5.96. The van der Waals surface area contributed by atoms with E-state index >= 15 is 0 Å². The Morgan fingerprint density at radius 1 is 1.18 bits per heavy atom. The van der Waals surface area contributed by atoms with Crippen LogP contribution in [0.15, 0.2) is 9.59 Å². The molecule has 8 heteroatoms. The number of aryl methyl sites for hydroxylation is 1. The van der Waals surface area contributed by atoms with Gasteiger partial charge in [0.15, 0.2) is 11.2 Å². The van der Waals surface area contributed by atoms with Crippen LogP contribution < -0.4 is 16.6 Å². The fourth-order valence-electron chi connectivity index (χ4n) is 2.36. The molecule has 0 aliphatic carbocycles. The summed E-state index contributed by atoms with van der Waals surface area (Å²) in [6, 6.07) is 0. The lowest BCUT2D eigenvalue weighted by Crippen LogP contribution is -2.37. The van der Waals surface area contributed by atoms with Gasteiger partial charge in [0.2, 0.25) is 5.95 Å². The van der Waals surface area contributed by atoms with Crippen molar-refractivity contribution in [3.05, 3.63) is 20.8 Å². The van der Waals surface area contributed by atoms with Crippen molar-refractivity contribution in [2.75, 3.05) is 11.9 Å². The van der Waals surface area contributed by atoms with E-state index in [4.69, 9.17) is 0 Å². The van der Waals surface area contributed by atoms with Crippen LogP contribution in [0, 0.1) is 5.92 Å². The molecule has 2 N–H and O–H groups in total. The van der Waals surface area contributed by atoms with Crippen molar-refractivity contribution in [2.45, 2.75) is 33.4 Å². The summed E-state index contributed by atoms with van der Waals surface area (Å²) in [5.74, 6) is 0.786. The summed E-state index contributed by atoms with van der Waals surface area (Å²) in [5.41, 5.74) is -0.0293. The number of aliphatic hydroxyl groups excluding tert-OH is 1. The summed E-state index contributed by atoms with van der Waals surface area (Å²) < 4.78 is 4.23. The molecule has 0 radical (unpaired) electrons.